The van der Waals surface area contributed by atoms with E-state index in [1.807, 2.05) is 0 Å². The zero-order valence-corrected chi connectivity index (χ0v) is 14.3. The monoisotopic (exact) mass is 347 g/mol. The summed E-state index contributed by atoms with van der Waals surface area (Å²) in [6, 6.07) is 6.09. The van der Waals surface area contributed by atoms with Gasteiger partial charge >= 0.3 is 5.97 Å². The number of methoxy groups -OCH3 is 1. The number of ether oxygens (including phenoxy) is 1. The highest BCUT2D eigenvalue weighted by molar-refractivity contribution is 5.83. The number of nitro groups is 1. The van der Waals surface area contributed by atoms with Crippen molar-refractivity contribution in [3.8, 4) is 0 Å². The standard InChI is InChI=1S/C16H21N5O4/c1-16(15(22)25-2)14(19-10-4-3-5-11-19)20(18-17-16)12-6-8-13(9-7-12)21(23)24/h6-9,14H,3-5,10-11H2,1-2H3. The van der Waals surface area contributed by atoms with E-state index in [4.69, 9.17) is 4.74 Å². The number of carbonyl (C=O) groups excluding carboxylic acids is 1. The van der Waals surface area contributed by atoms with Crippen LogP contribution in [-0.2, 0) is 9.53 Å². The average molecular weight is 347 g/mol. The molecule has 134 valence electrons. The van der Waals surface area contributed by atoms with E-state index in [0.717, 1.165) is 32.4 Å². The number of hydrogen-bond donors (Lipinski definition) is 0. The minimum Gasteiger partial charge on any atom is -0.467 e. The molecule has 0 bridgehead atoms. The Morgan fingerprint density at radius 2 is 1.92 bits per heavy atom. The maximum absolute atomic E-state index is 12.4. The summed E-state index contributed by atoms with van der Waals surface area (Å²) in [5, 5.41) is 20.9. The zero-order chi connectivity index (χ0) is 18.0. The molecule has 2 aliphatic heterocycles. The molecule has 0 amide bonds. The first kappa shape index (κ1) is 17.3. The Bertz CT molecular complexity index is 686. The van der Waals surface area contributed by atoms with E-state index in [0.29, 0.717) is 5.69 Å². The third-order valence-electron chi connectivity index (χ3n) is 4.74. The van der Waals surface area contributed by atoms with Crippen LogP contribution >= 0.6 is 0 Å². The van der Waals surface area contributed by atoms with Crippen LogP contribution in [-0.4, -0.2) is 47.7 Å². The van der Waals surface area contributed by atoms with Crippen molar-refractivity contribution in [2.75, 3.05) is 25.2 Å². The van der Waals surface area contributed by atoms with Gasteiger partial charge < -0.3 is 4.74 Å². The van der Waals surface area contributed by atoms with Gasteiger partial charge in [0.2, 0.25) is 5.54 Å². The summed E-state index contributed by atoms with van der Waals surface area (Å²) >= 11 is 0. The minimum absolute atomic E-state index is 0.00476. The second-order valence-corrected chi connectivity index (χ2v) is 6.42. The van der Waals surface area contributed by atoms with E-state index in [1.54, 1.807) is 24.1 Å². The molecule has 2 unspecified atom stereocenters. The Labute approximate surface area is 145 Å². The van der Waals surface area contributed by atoms with Crippen LogP contribution in [0.3, 0.4) is 0 Å². The van der Waals surface area contributed by atoms with Gasteiger partial charge in [-0.25, -0.2) is 9.80 Å². The molecule has 3 rings (SSSR count). The van der Waals surface area contributed by atoms with Gasteiger partial charge in [0.25, 0.3) is 5.69 Å². The van der Waals surface area contributed by atoms with Crippen LogP contribution in [0.1, 0.15) is 26.2 Å². The first-order valence-corrected chi connectivity index (χ1v) is 8.26. The van der Waals surface area contributed by atoms with Gasteiger partial charge in [0.15, 0.2) is 0 Å². The van der Waals surface area contributed by atoms with Crippen molar-refractivity contribution in [1.82, 2.24) is 4.90 Å². The molecule has 2 heterocycles. The van der Waals surface area contributed by atoms with Gasteiger partial charge in [0.05, 0.1) is 17.7 Å². The minimum atomic E-state index is -1.14. The SMILES string of the molecule is COC(=O)C1(C)N=NN(c2ccc([N+](=O)[O-])cc2)C1N1CCCCC1. The molecule has 9 heteroatoms. The number of carbonyl (C=O) groups is 1. The Hall–Kier alpha value is -2.55. The zero-order valence-electron chi connectivity index (χ0n) is 14.3. The summed E-state index contributed by atoms with van der Waals surface area (Å²) in [7, 11) is 1.34. The second kappa shape index (κ2) is 6.75. The van der Waals surface area contributed by atoms with Crippen LogP contribution in [0.5, 0.6) is 0 Å². The molecule has 1 saturated heterocycles. The number of anilines is 1. The third-order valence-corrected chi connectivity index (χ3v) is 4.74. The van der Waals surface area contributed by atoms with E-state index in [-0.39, 0.29) is 5.69 Å². The van der Waals surface area contributed by atoms with Crippen molar-refractivity contribution < 1.29 is 14.5 Å². The predicted molar refractivity (Wildman–Crippen MR) is 90.1 cm³/mol. The topological polar surface area (TPSA) is 101 Å². The Morgan fingerprint density at radius 3 is 2.48 bits per heavy atom. The summed E-state index contributed by atoms with van der Waals surface area (Å²) in [5.41, 5.74) is -0.490. The van der Waals surface area contributed by atoms with Crippen LogP contribution in [0.15, 0.2) is 34.6 Å². The van der Waals surface area contributed by atoms with Crippen molar-refractivity contribution in [3.05, 3.63) is 34.4 Å². The Balaban J connectivity index is 1.95. The fourth-order valence-corrected chi connectivity index (χ4v) is 3.43. The lowest BCUT2D eigenvalue weighted by atomic mass is 9.96. The van der Waals surface area contributed by atoms with Crippen LogP contribution in [0.2, 0.25) is 0 Å². The molecule has 0 N–H and O–H groups in total. The Morgan fingerprint density at radius 1 is 1.28 bits per heavy atom. The molecule has 2 atom stereocenters. The molecule has 1 aromatic carbocycles. The molecular formula is C16H21N5O4. The average Bonchev–Trinajstić information content (AvgIpc) is 3.00. The van der Waals surface area contributed by atoms with Gasteiger partial charge in [-0.2, -0.15) is 0 Å². The summed E-state index contributed by atoms with van der Waals surface area (Å²) < 4.78 is 4.96. The molecule has 0 aliphatic carbocycles. The van der Waals surface area contributed by atoms with E-state index < -0.39 is 22.6 Å². The lowest BCUT2D eigenvalue weighted by Crippen LogP contribution is -2.59. The van der Waals surface area contributed by atoms with Crippen LogP contribution in [0, 0.1) is 10.1 Å². The lowest BCUT2D eigenvalue weighted by Gasteiger charge is -2.40. The van der Waals surface area contributed by atoms with Gasteiger partial charge in [-0.1, -0.05) is 11.6 Å². The number of hydrogen-bond acceptors (Lipinski definition) is 8. The van der Waals surface area contributed by atoms with Gasteiger partial charge in [-0.05, 0) is 31.9 Å². The van der Waals surface area contributed by atoms with Gasteiger partial charge in [0, 0.05) is 25.2 Å². The summed E-state index contributed by atoms with van der Waals surface area (Å²) in [6.07, 6.45) is 2.83. The molecule has 9 nitrogen and oxygen atoms in total. The molecule has 2 aliphatic rings. The number of likely N-dealkylation sites (tertiary alicyclic amines) is 1. The van der Waals surface area contributed by atoms with Crippen molar-refractivity contribution in [2.24, 2.45) is 10.3 Å². The fourth-order valence-electron chi connectivity index (χ4n) is 3.43. The summed E-state index contributed by atoms with van der Waals surface area (Å²) in [6.45, 7) is 3.39. The van der Waals surface area contributed by atoms with Crippen molar-refractivity contribution in [2.45, 2.75) is 37.9 Å². The largest absolute Gasteiger partial charge is 0.467 e. The number of esters is 1. The molecular weight excluding hydrogens is 326 g/mol. The molecule has 1 aromatic rings. The highest BCUT2D eigenvalue weighted by Gasteiger charge is 2.53. The van der Waals surface area contributed by atoms with Crippen molar-refractivity contribution >= 4 is 17.3 Å². The number of nitrogens with zero attached hydrogens (tertiary/aromatic N) is 5. The molecule has 25 heavy (non-hydrogen) atoms. The molecule has 0 saturated carbocycles. The maximum Gasteiger partial charge on any atom is 0.339 e. The van der Waals surface area contributed by atoms with E-state index in [1.165, 1.54) is 19.2 Å². The van der Waals surface area contributed by atoms with Crippen LogP contribution < -0.4 is 5.01 Å². The van der Waals surface area contributed by atoms with E-state index in [2.05, 4.69) is 15.2 Å². The first-order chi connectivity index (χ1) is 12.0. The van der Waals surface area contributed by atoms with E-state index in [9.17, 15) is 14.9 Å². The normalized spacial score (nSPS) is 26.6. The number of benzene rings is 1. The highest BCUT2D eigenvalue weighted by atomic mass is 16.6. The number of nitro benzene ring substituents is 1. The summed E-state index contributed by atoms with van der Waals surface area (Å²) in [5.74, 6) is -0.448. The number of piperidine rings is 1. The maximum atomic E-state index is 12.4. The second-order valence-electron chi connectivity index (χ2n) is 6.42. The van der Waals surface area contributed by atoms with Crippen LogP contribution in [0.25, 0.3) is 0 Å². The fraction of sp³-hybridized carbons (Fsp3) is 0.562. The van der Waals surface area contributed by atoms with Gasteiger partial charge in [-0.15, -0.1) is 5.11 Å². The number of non-ortho nitro benzene ring substituents is 1. The van der Waals surface area contributed by atoms with Gasteiger partial charge in [-0.3, -0.25) is 15.0 Å². The van der Waals surface area contributed by atoms with E-state index >= 15 is 0 Å². The predicted octanol–water partition coefficient (Wildman–Crippen LogP) is 2.53. The third kappa shape index (κ3) is 3.07. The number of rotatable bonds is 4. The molecule has 0 spiro atoms. The molecule has 1 fully saturated rings. The molecule has 0 aromatic heterocycles. The van der Waals surface area contributed by atoms with Crippen molar-refractivity contribution in [3.63, 3.8) is 0 Å². The van der Waals surface area contributed by atoms with Gasteiger partial charge in [0.1, 0.15) is 6.17 Å². The van der Waals surface area contributed by atoms with Crippen LogP contribution in [0.4, 0.5) is 11.4 Å². The summed E-state index contributed by atoms with van der Waals surface area (Å²) in [4.78, 5) is 25.0. The first-order valence-electron chi connectivity index (χ1n) is 8.26. The quantitative estimate of drug-likeness (QED) is 0.471. The van der Waals surface area contributed by atoms with Crippen molar-refractivity contribution in [1.29, 1.82) is 0 Å². The molecule has 0 radical (unpaired) electrons. The Kier molecular flexibility index (Phi) is 4.67. The smallest absolute Gasteiger partial charge is 0.339 e. The highest BCUT2D eigenvalue weighted by Crippen LogP contribution is 2.37. The lowest BCUT2D eigenvalue weighted by molar-refractivity contribution is -0.384.